The lowest BCUT2D eigenvalue weighted by Crippen LogP contribution is -2.56. The number of aromatic nitrogens is 2. The highest BCUT2D eigenvalue weighted by molar-refractivity contribution is 7.84. The lowest BCUT2D eigenvalue weighted by atomic mass is 10.0. The molecule has 0 aliphatic carbocycles. The van der Waals surface area contributed by atoms with Gasteiger partial charge in [0.05, 0.1) is 16.7 Å². The van der Waals surface area contributed by atoms with E-state index in [2.05, 4.69) is 20.2 Å². The summed E-state index contributed by atoms with van der Waals surface area (Å²) >= 11 is 6.01. The molecule has 2 amide bonds. The topological polar surface area (TPSA) is 105 Å². The Hall–Kier alpha value is -2.72. The van der Waals surface area contributed by atoms with E-state index in [9.17, 15) is 13.8 Å². The number of rotatable bonds is 5. The van der Waals surface area contributed by atoms with Gasteiger partial charge in [-0.1, -0.05) is 23.7 Å². The molecule has 1 fully saturated rings. The number of hydrogen-bond donors (Lipinski definition) is 1. The van der Waals surface area contributed by atoms with E-state index in [0.29, 0.717) is 43.4 Å². The molecule has 36 heavy (non-hydrogen) atoms. The zero-order valence-corrected chi connectivity index (χ0v) is 22.6. The largest absolute Gasteiger partial charge is 0.444 e. The summed E-state index contributed by atoms with van der Waals surface area (Å²) in [6.45, 7) is 9.39. The first-order chi connectivity index (χ1) is 17.0. The molecule has 2 aromatic rings. The van der Waals surface area contributed by atoms with Gasteiger partial charge >= 0.3 is 6.09 Å². The summed E-state index contributed by atoms with van der Waals surface area (Å²) in [5.41, 5.74) is 1.99. The second-order valence-corrected chi connectivity index (χ2v) is 12.3. The molecule has 0 bridgehead atoms. The number of hydrogen-bond acceptors (Lipinski definition) is 7. The van der Waals surface area contributed by atoms with Crippen LogP contribution in [0.25, 0.3) is 0 Å². The predicted molar refractivity (Wildman–Crippen MR) is 139 cm³/mol. The summed E-state index contributed by atoms with van der Waals surface area (Å²) in [4.78, 5) is 38.8. The first-order valence-corrected chi connectivity index (χ1v) is 13.8. The van der Waals surface area contributed by atoms with E-state index < -0.39 is 28.5 Å². The number of nitrogens with one attached hydrogen (secondary N) is 1. The minimum Gasteiger partial charge on any atom is -0.444 e. The average molecular weight is 534 g/mol. The van der Waals surface area contributed by atoms with Gasteiger partial charge in [0.15, 0.2) is 0 Å². The third kappa shape index (κ3) is 6.15. The second kappa shape index (κ2) is 10.7. The molecule has 1 aromatic heterocycles. The first-order valence-electron chi connectivity index (χ1n) is 12.0. The molecular formula is C25H32ClN5O4S. The van der Waals surface area contributed by atoms with E-state index >= 15 is 0 Å². The van der Waals surface area contributed by atoms with Crippen LogP contribution >= 0.6 is 11.6 Å². The Kier molecular flexibility index (Phi) is 7.85. The number of amides is 2. The molecule has 11 heteroatoms. The number of carbonyl (C=O) groups excluding carboxylic acids is 2. The molecule has 2 aliphatic rings. The maximum absolute atomic E-state index is 13.5. The zero-order chi connectivity index (χ0) is 26.0. The molecule has 1 N–H and O–H groups in total. The van der Waals surface area contributed by atoms with Crippen LogP contribution in [0.3, 0.4) is 0 Å². The van der Waals surface area contributed by atoms with Crippen LogP contribution in [0, 0.1) is 0 Å². The van der Waals surface area contributed by atoms with Crippen LogP contribution in [0.4, 0.5) is 10.6 Å². The minimum absolute atomic E-state index is 0.113. The van der Waals surface area contributed by atoms with Crippen molar-refractivity contribution in [3.8, 4) is 0 Å². The van der Waals surface area contributed by atoms with Gasteiger partial charge in [0, 0.05) is 54.0 Å². The fraction of sp³-hybridized carbons (Fsp3) is 0.520. The lowest BCUT2D eigenvalue weighted by Gasteiger charge is -2.38. The Morgan fingerprint density at radius 3 is 2.47 bits per heavy atom. The molecule has 4 rings (SSSR count). The van der Waals surface area contributed by atoms with Crippen LogP contribution in [0.2, 0.25) is 5.02 Å². The number of piperazine rings is 1. The number of benzene rings is 1. The molecular weight excluding hydrogens is 502 g/mol. The van der Waals surface area contributed by atoms with E-state index in [1.165, 1.54) is 6.33 Å². The van der Waals surface area contributed by atoms with E-state index in [0.717, 1.165) is 22.6 Å². The third-order valence-corrected chi connectivity index (χ3v) is 8.09. The summed E-state index contributed by atoms with van der Waals surface area (Å²) in [5.74, 6) is 1.08. The van der Waals surface area contributed by atoms with Gasteiger partial charge in [0.2, 0.25) is 5.91 Å². The third-order valence-electron chi connectivity index (χ3n) is 6.26. The zero-order valence-electron chi connectivity index (χ0n) is 21.0. The molecule has 1 aromatic carbocycles. The highest BCUT2D eigenvalue weighted by Gasteiger charge is 2.35. The van der Waals surface area contributed by atoms with Crippen molar-refractivity contribution in [2.45, 2.75) is 56.8 Å². The molecule has 3 unspecified atom stereocenters. The number of alkyl carbamates (subject to hydrolysis) is 1. The normalized spacial score (nSPS) is 20.6. The number of halogens is 1. The van der Waals surface area contributed by atoms with Crippen molar-refractivity contribution in [3.05, 3.63) is 52.4 Å². The van der Waals surface area contributed by atoms with Gasteiger partial charge in [-0.2, -0.15) is 0 Å². The smallest absolute Gasteiger partial charge is 0.408 e. The van der Waals surface area contributed by atoms with Gasteiger partial charge in [-0.15, -0.1) is 0 Å². The maximum atomic E-state index is 13.5. The average Bonchev–Trinajstić information content (AvgIpc) is 3.12. The summed E-state index contributed by atoms with van der Waals surface area (Å²) in [6, 6.07) is 6.44. The first kappa shape index (κ1) is 26.3. The second-order valence-electron chi connectivity index (χ2n) is 10.1. The molecule has 3 heterocycles. The van der Waals surface area contributed by atoms with Crippen molar-refractivity contribution in [2.75, 3.05) is 31.1 Å². The van der Waals surface area contributed by atoms with Crippen LogP contribution in [0.15, 0.2) is 30.6 Å². The van der Waals surface area contributed by atoms with Crippen molar-refractivity contribution in [2.24, 2.45) is 0 Å². The monoisotopic (exact) mass is 533 g/mol. The van der Waals surface area contributed by atoms with Gasteiger partial charge in [0.25, 0.3) is 0 Å². The van der Waals surface area contributed by atoms with Crippen molar-refractivity contribution >= 4 is 40.2 Å². The molecule has 3 atom stereocenters. The number of anilines is 1. The summed E-state index contributed by atoms with van der Waals surface area (Å²) in [7, 11) is -0.988. The van der Waals surface area contributed by atoms with Crippen molar-refractivity contribution < 1.29 is 18.5 Å². The van der Waals surface area contributed by atoms with Crippen molar-refractivity contribution in [1.29, 1.82) is 0 Å². The summed E-state index contributed by atoms with van der Waals surface area (Å²) in [6.07, 6.45) is 1.21. The number of ether oxygens (including phenoxy) is 1. The lowest BCUT2D eigenvalue weighted by molar-refractivity contribution is -0.133. The van der Waals surface area contributed by atoms with Crippen LogP contribution in [0.1, 0.15) is 49.8 Å². The SMILES string of the molecule is CC1c2c(ncnc2N2CCN(C(=O)C(Cc3ccc(Cl)cc3)NC(=O)OC(C)(C)C)CC2)CS1=O. The van der Waals surface area contributed by atoms with Crippen LogP contribution < -0.4 is 10.2 Å². The molecule has 2 aliphatic heterocycles. The van der Waals surface area contributed by atoms with Gasteiger partial charge in [-0.05, 0) is 45.4 Å². The number of carbonyl (C=O) groups is 2. The van der Waals surface area contributed by atoms with E-state index in [1.54, 1.807) is 37.8 Å². The Morgan fingerprint density at radius 1 is 1.17 bits per heavy atom. The number of nitrogens with zero attached hydrogens (tertiary/aromatic N) is 4. The van der Waals surface area contributed by atoms with Gasteiger partial charge < -0.3 is 19.9 Å². The molecule has 9 nitrogen and oxygen atoms in total. The number of fused-ring (bicyclic) bond motifs is 1. The fourth-order valence-electron chi connectivity index (χ4n) is 4.46. The van der Waals surface area contributed by atoms with E-state index in [1.807, 2.05) is 19.1 Å². The Labute approximate surface area is 219 Å². The molecule has 0 radical (unpaired) electrons. The minimum atomic E-state index is -0.988. The standard InChI is InChI=1S/C25H32ClN5O4S/c1-16-21-20(14-36(16)34)27-15-28-22(21)30-9-11-31(12-10-30)23(32)19(29-24(33)35-25(2,3)4)13-17-5-7-18(26)8-6-17/h5-8,15-16,19H,9-14H2,1-4H3,(H,29,33). The summed E-state index contributed by atoms with van der Waals surface area (Å²) in [5, 5.41) is 3.26. The van der Waals surface area contributed by atoms with Gasteiger partial charge in [-0.25, -0.2) is 14.8 Å². The van der Waals surface area contributed by atoms with Crippen molar-refractivity contribution in [3.63, 3.8) is 0 Å². The Balaban J connectivity index is 1.46. The van der Waals surface area contributed by atoms with Crippen molar-refractivity contribution in [1.82, 2.24) is 20.2 Å². The predicted octanol–water partition coefficient (Wildman–Crippen LogP) is 3.24. The highest BCUT2D eigenvalue weighted by Crippen LogP contribution is 2.37. The highest BCUT2D eigenvalue weighted by atomic mass is 35.5. The maximum Gasteiger partial charge on any atom is 0.408 e. The molecule has 1 saturated heterocycles. The summed E-state index contributed by atoms with van der Waals surface area (Å²) < 4.78 is 17.8. The molecule has 0 spiro atoms. The van der Waals surface area contributed by atoms with E-state index in [4.69, 9.17) is 16.3 Å². The molecule has 194 valence electrons. The Morgan fingerprint density at radius 2 is 1.83 bits per heavy atom. The fourth-order valence-corrected chi connectivity index (χ4v) is 5.84. The van der Waals surface area contributed by atoms with Crippen LogP contribution in [-0.4, -0.2) is 68.9 Å². The van der Waals surface area contributed by atoms with Gasteiger partial charge in [-0.3, -0.25) is 9.00 Å². The van der Waals surface area contributed by atoms with E-state index in [-0.39, 0.29) is 11.2 Å². The molecule has 0 saturated carbocycles. The quantitative estimate of drug-likeness (QED) is 0.629. The van der Waals surface area contributed by atoms with Crippen LogP contribution in [-0.2, 0) is 32.5 Å². The van der Waals surface area contributed by atoms with Crippen LogP contribution in [0.5, 0.6) is 0 Å². The van der Waals surface area contributed by atoms with Gasteiger partial charge in [0.1, 0.15) is 23.8 Å². The Bertz CT molecular complexity index is 1150.